The van der Waals surface area contributed by atoms with Crippen molar-refractivity contribution in [1.82, 2.24) is 0 Å². The topological polar surface area (TPSA) is 102 Å². The van der Waals surface area contributed by atoms with Crippen molar-refractivity contribution in [2.45, 2.75) is 53.1 Å². The molecule has 0 bridgehead atoms. The summed E-state index contributed by atoms with van der Waals surface area (Å²) in [4.78, 5) is 4.50. The lowest BCUT2D eigenvalue weighted by Crippen LogP contribution is -2.25. The minimum atomic E-state index is -0.240. The third-order valence-corrected chi connectivity index (χ3v) is 8.45. The number of nitrogens with zero attached hydrogens (tertiary/aromatic N) is 4. The molecule has 0 aliphatic heterocycles. The summed E-state index contributed by atoms with van der Waals surface area (Å²) in [6.45, 7) is 8.66. The Morgan fingerprint density at radius 3 is 2.06 bits per heavy atom. The fourth-order valence-corrected chi connectivity index (χ4v) is 5.53. The van der Waals surface area contributed by atoms with Crippen molar-refractivity contribution in [3.63, 3.8) is 0 Å². The second kappa shape index (κ2) is 19.3. The normalized spacial score (nSPS) is 11.4. The van der Waals surface area contributed by atoms with Crippen LogP contribution in [0.4, 0.5) is 5.69 Å². The number of rotatable bonds is 17. The van der Waals surface area contributed by atoms with Gasteiger partial charge in [-0.3, -0.25) is 0 Å². The Morgan fingerprint density at radius 2 is 1.49 bits per heavy atom. The third kappa shape index (κ3) is 10.7. The second-order valence-corrected chi connectivity index (χ2v) is 11.9. The van der Waals surface area contributed by atoms with Crippen LogP contribution in [0, 0.1) is 34.0 Å². The van der Waals surface area contributed by atoms with Crippen LogP contribution in [-0.2, 0) is 11.3 Å². The molecule has 0 saturated carbocycles. The molecule has 0 radical (unpaired) electrons. The molecule has 3 aromatic rings. The van der Waals surface area contributed by atoms with Crippen LogP contribution in [0.15, 0.2) is 83.2 Å². The minimum Gasteiger partial charge on any atom is -0.497 e. The first-order valence-electron chi connectivity index (χ1n) is 15.7. The summed E-state index contributed by atoms with van der Waals surface area (Å²) >= 11 is 1.60. The zero-order valence-corrected chi connectivity index (χ0v) is 28.7. The highest BCUT2D eigenvalue weighted by atomic mass is 32.1. The Balaban J connectivity index is 1.89. The number of allylic oxidation sites excluding steroid dienone is 4. The molecule has 1 aromatic heterocycles. The monoisotopic (exact) mass is 646 g/mol. The number of nitriles is 3. The van der Waals surface area contributed by atoms with Crippen molar-refractivity contribution in [2.24, 2.45) is 0 Å². The van der Waals surface area contributed by atoms with Gasteiger partial charge < -0.3 is 19.1 Å². The van der Waals surface area contributed by atoms with E-state index in [4.69, 9.17) is 14.2 Å². The summed E-state index contributed by atoms with van der Waals surface area (Å²) in [6.07, 6.45) is 12.4. The highest BCUT2D eigenvalue weighted by Gasteiger charge is 2.15. The summed E-state index contributed by atoms with van der Waals surface area (Å²) < 4.78 is 17.0. The van der Waals surface area contributed by atoms with Crippen LogP contribution in [0.25, 0.3) is 18.2 Å². The molecule has 0 unspecified atom stereocenters. The lowest BCUT2D eigenvalue weighted by atomic mass is 10.0. The van der Waals surface area contributed by atoms with E-state index in [1.165, 1.54) is 12.8 Å². The van der Waals surface area contributed by atoms with Gasteiger partial charge in [-0.15, -0.1) is 11.3 Å². The molecule has 0 N–H and O–H groups in total. The fraction of sp³-hybridized carbons (Fsp3) is 0.308. The quantitative estimate of drug-likeness (QED) is 0.0817. The van der Waals surface area contributed by atoms with Crippen LogP contribution < -0.4 is 14.4 Å². The number of benzene rings is 2. The van der Waals surface area contributed by atoms with E-state index in [9.17, 15) is 15.8 Å². The van der Waals surface area contributed by atoms with E-state index >= 15 is 0 Å². The van der Waals surface area contributed by atoms with E-state index in [0.717, 1.165) is 71.2 Å². The van der Waals surface area contributed by atoms with Crippen LogP contribution >= 0.6 is 11.3 Å². The van der Waals surface area contributed by atoms with Crippen molar-refractivity contribution in [2.75, 3.05) is 32.2 Å². The van der Waals surface area contributed by atoms with Crippen LogP contribution in [0.2, 0.25) is 0 Å². The second-order valence-electron chi connectivity index (χ2n) is 10.8. The standard InChI is InChI=1S/C39H42N4O3S/c1-6-8-22-43(23-9-7-2)33-15-13-31(38(24-33)46-28-30-11-16-34(44-4)17-12-30)14-19-36-21-20-35(47-36)18-10-29(3)37(27-42)39(45-5)32(25-40)26-41/h10-21,24H,6-9,22-23,28H2,1-5H3/b18-10+,19-14+,37-29+. The van der Waals surface area contributed by atoms with Crippen LogP contribution in [0.1, 0.15) is 67.3 Å². The van der Waals surface area contributed by atoms with Crippen molar-refractivity contribution >= 4 is 35.3 Å². The molecule has 0 amide bonds. The van der Waals surface area contributed by atoms with Crippen molar-refractivity contribution in [3.05, 3.63) is 104 Å². The Hall–Kier alpha value is -5.23. The molecular weight excluding hydrogens is 605 g/mol. The van der Waals surface area contributed by atoms with Crippen LogP contribution in [0.3, 0.4) is 0 Å². The van der Waals surface area contributed by atoms with E-state index in [0.29, 0.717) is 12.2 Å². The predicted molar refractivity (Wildman–Crippen MR) is 192 cm³/mol. The molecular formula is C39H42N4O3S. The van der Waals surface area contributed by atoms with E-state index in [1.807, 2.05) is 42.5 Å². The molecule has 0 spiro atoms. The molecule has 47 heavy (non-hydrogen) atoms. The Bertz CT molecular complexity index is 1700. The van der Waals surface area contributed by atoms with Gasteiger partial charge in [-0.2, -0.15) is 15.8 Å². The molecule has 3 rings (SSSR count). The number of hydrogen-bond donors (Lipinski definition) is 0. The van der Waals surface area contributed by atoms with Crippen LogP contribution in [-0.4, -0.2) is 27.3 Å². The number of anilines is 1. The average molecular weight is 647 g/mol. The highest BCUT2D eigenvalue weighted by Crippen LogP contribution is 2.30. The minimum absolute atomic E-state index is 0.0238. The summed E-state index contributed by atoms with van der Waals surface area (Å²) in [5, 5.41) is 28.2. The predicted octanol–water partition coefficient (Wildman–Crippen LogP) is 9.71. The fourth-order valence-electron chi connectivity index (χ4n) is 4.72. The van der Waals surface area contributed by atoms with Gasteiger partial charge in [0.1, 0.15) is 36.3 Å². The summed E-state index contributed by atoms with van der Waals surface area (Å²) in [5.41, 5.74) is 3.70. The molecule has 0 aliphatic carbocycles. The van der Waals surface area contributed by atoms with Gasteiger partial charge in [0, 0.05) is 40.2 Å². The Morgan fingerprint density at radius 1 is 0.830 bits per heavy atom. The van der Waals surface area contributed by atoms with Gasteiger partial charge in [0.05, 0.1) is 19.8 Å². The van der Waals surface area contributed by atoms with E-state index in [-0.39, 0.29) is 16.9 Å². The molecule has 8 heteroatoms. The average Bonchev–Trinajstić information content (AvgIpc) is 3.57. The van der Waals surface area contributed by atoms with Crippen molar-refractivity contribution < 1.29 is 14.2 Å². The molecule has 7 nitrogen and oxygen atoms in total. The number of thiophene rings is 1. The van der Waals surface area contributed by atoms with E-state index in [2.05, 4.69) is 55.2 Å². The molecule has 0 aliphatic rings. The van der Waals surface area contributed by atoms with Crippen molar-refractivity contribution in [1.29, 1.82) is 15.8 Å². The zero-order chi connectivity index (χ0) is 34.0. The molecule has 1 heterocycles. The lowest BCUT2D eigenvalue weighted by Gasteiger charge is -2.25. The summed E-state index contributed by atoms with van der Waals surface area (Å²) in [6, 6.07) is 24.1. The van der Waals surface area contributed by atoms with Gasteiger partial charge in [0.2, 0.25) is 0 Å². The Kier molecular flexibility index (Phi) is 14.9. The third-order valence-electron chi connectivity index (χ3n) is 7.44. The molecule has 242 valence electrons. The molecule has 0 saturated heterocycles. The number of unbranched alkanes of at least 4 members (excludes halogenated alkanes) is 2. The summed E-state index contributed by atoms with van der Waals surface area (Å²) in [5.74, 6) is 1.61. The van der Waals surface area contributed by atoms with Gasteiger partial charge in [0.15, 0.2) is 11.3 Å². The number of ether oxygens (including phenoxy) is 3. The molecule has 0 atom stereocenters. The molecule has 0 fully saturated rings. The van der Waals surface area contributed by atoms with E-state index in [1.54, 1.807) is 43.6 Å². The number of hydrogen-bond acceptors (Lipinski definition) is 8. The maximum absolute atomic E-state index is 9.69. The maximum Gasteiger partial charge on any atom is 0.172 e. The van der Waals surface area contributed by atoms with Gasteiger partial charge in [-0.05, 0) is 85.5 Å². The Labute approximate surface area is 283 Å². The molecule has 2 aromatic carbocycles. The smallest absolute Gasteiger partial charge is 0.172 e. The van der Waals surface area contributed by atoms with Crippen molar-refractivity contribution in [3.8, 4) is 29.7 Å². The van der Waals surface area contributed by atoms with E-state index < -0.39 is 0 Å². The zero-order valence-electron chi connectivity index (χ0n) is 27.9. The van der Waals surface area contributed by atoms with Crippen LogP contribution in [0.5, 0.6) is 11.5 Å². The lowest BCUT2D eigenvalue weighted by molar-refractivity contribution is 0.301. The van der Waals surface area contributed by atoms with Gasteiger partial charge in [0.25, 0.3) is 0 Å². The first-order chi connectivity index (χ1) is 22.9. The van der Waals surface area contributed by atoms with Gasteiger partial charge >= 0.3 is 0 Å². The maximum atomic E-state index is 9.69. The number of methoxy groups -OCH3 is 2. The largest absolute Gasteiger partial charge is 0.497 e. The first-order valence-corrected chi connectivity index (χ1v) is 16.5. The van der Waals surface area contributed by atoms with Gasteiger partial charge in [-0.1, -0.05) is 44.9 Å². The van der Waals surface area contributed by atoms with Gasteiger partial charge in [-0.25, -0.2) is 0 Å². The first kappa shape index (κ1) is 36.2. The summed E-state index contributed by atoms with van der Waals surface area (Å²) in [7, 11) is 3.00. The SMILES string of the molecule is CCCCN(CCCC)c1ccc(/C=C/c2ccc(/C=C/C(C)=C(\C#N)C(OC)=C(C#N)C#N)s2)c(OCc2ccc(OC)cc2)c1. The highest BCUT2D eigenvalue weighted by molar-refractivity contribution is 7.13.